The van der Waals surface area contributed by atoms with Crippen LogP contribution in [0.4, 0.5) is 0 Å². The zero-order valence-electron chi connectivity index (χ0n) is 18.0. The predicted molar refractivity (Wildman–Crippen MR) is 118 cm³/mol. The molecule has 0 saturated heterocycles. The topological polar surface area (TPSA) is 63.5 Å². The van der Waals surface area contributed by atoms with Crippen LogP contribution in [0.3, 0.4) is 0 Å². The Kier molecular flexibility index (Phi) is 8.25. The quantitative estimate of drug-likeness (QED) is 0.612. The number of nitrogens with zero attached hydrogens (tertiary/aromatic N) is 2. The molecule has 2 aromatic rings. The van der Waals surface area contributed by atoms with Crippen molar-refractivity contribution < 1.29 is 19.4 Å². The smallest absolute Gasteiger partial charge is 0.145 e. The Balaban J connectivity index is 1.63. The Bertz CT molecular complexity index is 810. The van der Waals surface area contributed by atoms with E-state index >= 15 is 0 Å². The molecule has 6 nitrogen and oxygen atoms in total. The van der Waals surface area contributed by atoms with Gasteiger partial charge in [0.2, 0.25) is 0 Å². The van der Waals surface area contributed by atoms with Crippen molar-refractivity contribution in [2.45, 2.75) is 45.1 Å². The van der Waals surface area contributed by atoms with Crippen molar-refractivity contribution in [1.82, 2.24) is 4.90 Å². The number of benzene rings is 2. The molecular formula is C24H32N2O4. The highest BCUT2D eigenvalue weighted by Crippen LogP contribution is 2.20. The third-order valence-electron chi connectivity index (χ3n) is 4.93. The van der Waals surface area contributed by atoms with Gasteiger partial charge in [-0.25, -0.2) is 0 Å². The minimum Gasteiger partial charge on any atom is -0.497 e. The van der Waals surface area contributed by atoms with Gasteiger partial charge in [0.05, 0.1) is 31.6 Å². The zero-order valence-corrected chi connectivity index (χ0v) is 18.0. The minimum absolute atomic E-state index is 0.0518. The third kappa shape index (κ3) is 6.83. The molecule has 0 bridgehead atoms. The summed E-state index contributed by atoms with van der Waals surface area (Å²) in [4.78, 5) is 7.91. The molecule has 0 aromatic heterocycles. The summed E-state index contributed by atoms with van der Waals surface area (Å²) in [6.07, 6.45) is 0.210. The molecule has 0 amide bonds. The number of hydrogen-bond acceptors (Lipinski definition) is 6. The molecule has 6 heteroatoms. The van der Waals surface area contributed by atoms with Crippen molar-refractivity contribution in [3.63, 3.8) is 0 Å². The van der Waals surface area contributed by atoms with Crippen LogP contribution in [0.15, 0.2) is 59.8 Å². The van der Waals surface area contributed by atoms with Gasteiger partial charge in [0.1, 0.15) is 11.9 Å². The van der Waals surface area contributed by atoms with Gasteiger partial charge < -0.3 is 19.4 Å². The molecule has 0 saturated carbocycles. The molecule has 162 valence electrons. The van der Waals surface area contributed by atoms with Gasteiger partial charge in [0, 0.05) is 26.1 Å². The number of aliphatic hydroxyl groups excluding tert-OH is 1. The van der Waals surface area contributed by atoms with Gasteiger partial charge in [-0.3, -0.25) is 4.90 Å². The molecule has 1 aliphatic rings. The highest BCUT2D eigenvalue weighted by molar-refractivity contribution is 6.01. The van der Waals surface area contributed by atoms with Crippen molar-refractivity contribution in [3.8, 4) is 5.75 Å². The van der Waals surface area contributed by atoms with E-state index < -0.39 is 6.10 Å². The SMILES string of the molecule is COc1cccc(CN(C[C@@H](O)COC(C)C)C[C@H]2CC(c3ccccc3)=NO2)c1. The van der Waals surface area contributed by atoms with Gasteiger partial charge in [0.25, 0.3) is 0 Å². The third-order valence-corrected chi connectivity index (χ3v) is 4.93. The molecule has 0 unspecified atom stereocenters. The largest absolute Gasteiger partial charge is 0.497 e. The highest BCUT2D eigenvalue weighted by Gasteiger charge is 2.26. The lowest BCUT2D eigenvalue weighted by Crippen LogP contribution is -2.39. The molecular weight excluding hydrogens is 380 g/mol. The molecule has 1 aliphatic heterocycles. The van der Waals surface area contributed by atoms with Gasteiger partial charge in [-0.2, -0.15) is 0 Å². The number of hydrogen-bond donors (Lipinski definition) is 1. The van der Waals surface area contributed by atoms with E-state index in [9.17, 15) is 5.11 Å². The normalized spacial score (nSPS) is 17.1. The van der Waals surface area contributed by atoms with Crippen LogP contribution in [-0.2, 0) is 16.1 Å². The molecule has 0 spiro atoms. The fraction of sp³-hybridized carbons (Fsp3) is 0.458. The van der Waals surface area contributed by atoms with E-state index in [1.165, 1.54) is 0 Å². The van der Waals surface area contributed by atoms with Crippen molar-refractivity contribution >= 4 is 5.71 Å². The zero-order chi connectivity index (χ0) is 21.3. The molecule has 1 heterocycles. The van der Waals surface area contributed by atoms with Gasteiger partial charge >= 0.3 is 0 Å². The lowest BCUT2D eigenvalue weighted by molar-refractivity contribution is -0.0194. The maximum atomic E-state index is 10.5. The predicted octanol–water partition coefficient (Wildman–Crippen LogP) is 3.48. The first kappa shape index (κ1) is 22.3. The van der Waals surface area contributed by atoms with Crippen LogP contribution in [0.1, 0.15) is 31.4 Å². The Morgan fingerprint density at radius 3 is 2.70 bits per heavy atom. The van der Waals surface area contributed by atoms with Gasteiger partial charge in [-0.1, -0.05) is 47.6 Å². The first-order valence-corrected chi connectivity index (χ1v) is 10.5. The number of ether oxygens (including phenoxy) is 2. The number of aliphatic hydroxyl groups is 1. The molecule has 2 atom stereocenters. The van der Waals surface area contributed by atoms with E-state index in [1.54, 1.807) is 7.11 Å². The average molecular weight is 413 g/mol. The van der Waals surface area contributed by atoms with Crippen molar-refractivity contribution in [2.75, 3.05) is 26.8 Å². The van der Waals surface area contributed by atoms with Crippen LogP contribution in [0, 0.1) is 0 Å². The number of rotatable bonds is 11. The molecule has 1 N–H and O–H groups in total. The minimum atomic E-state index is -0.575. The Morgan fingerprint density at radius 1 is 1.17 bits per heavy atom. The van der Waals surface area contributed by atoms with E-state index in [1.807, 2.05) is 62.4 Å². The fourth-order valence-corrected chi connectivity index (χ4v) is 3.50. The van der Waals surface area contributed by atoms with Crippen LogP contribution >= 0.6 is 0 Å². The Morgan fingerprint density at radius 2 is 1.97 bits per heavy atom. The summed E-state index contributed by atoms with van der Waals surface area (Å²) in [5, 5.41) is 14.8. The van der Waals surface area contributed by atoms with Gasteiger partial charge in [0.15, 0.2) is 0 Å². The van der Waals surface area contributed by atoms with E-state index in [4.69, 9.17) is 14.3 Å². The van der Waals surface area contributed by atoms with Crippen LogP contribution in [0.2, 0.25) is 0 Å². The van der Waals surface area contributed by atoms with E-state index in [-0.39, 0.29) is 12.2 Å². The van der Waals surface area contributed by atoms with Crippen LogP contribution in [-0.4, -0.2) is 60.8 Å². The Hall–Kier alpha value is -2.41. The molecule has 30 heavy (non-hydrogen) atoms. The summed E-state index contributed by atoms with van der Waals surface area (Å²) in [6, 6.07) is 18.1. The van der Waals surface area contributed by atoms with Gasteiger partial charge in [-0.15, -0.1) is 0 Å². The maximum Gasteiger partial charge on any atom is 0.145 e. The standard InChI is InChI=1S/C24H32N2O4/c1-18(2)29-17-21(27)15-26(14-19-8-7-11-22(12-19)28-3)16-23-13-24(25-30-23)20-9-5-4-6-10-20/h4-12,18,21,23,27H,13-17H2,1-3H3/t21-,23-/m1/s1. The fourth-order valence-electron chi connectivity index (χ4n) is 3.50. The first-order chi connectivity index (χ1) is 14.5. The number of oxime groups is 1. The summed E-state index contributed by atoms with van der Waals surface area (Å²) < 4.78 is 10.9. The number of methoxy groups -OCH3 is 1. The van der Waals surface area contributed by atoms with E-state index in [0.29, 0.717) is 26.2 Å². The average Bonchev–Trinajstić information content (AvgIpc) is 3.21. The monoisotopic (exact) mass is 412 g/mol. The molecule has 3 rings (SSSR count). The summed E-state index contributed by atoms with van der Waals surface area (Å²) >= 11 is 0. The second-order valence-electron chi connectivity index (χ2n) is 7.92. The summed E-state index contributed by atoms with van der Waals surface area (Å²) in [7, 11) is 1.67. The summed E-state index contributed by atoms with van der Waals surface area (Å²) in [5.41, 5.74) is 3.17. The maximum absolute atomic E-state index is 10.5. The van der Waals surface area contributed by atoms with E-state index in [2.05, 4.69) is 16.1 Å². The van der Waals surface area contributed by atoms with Crippen LogP contribution < -0.4 is 4.74 Å². The molecule has 0 radical (unpaired) electrons. The summed E-state index contributed by atoms with van der Waals surface area (Å²) in [6.45, 7) is 6.07. The van der Waals surface area contributed by atoms with E-state index in [0.717, 1.165) is 29.0 Å². The van der Waals surface area contributed by atoms with Crippen LogP contribution in [0.5, 0.6) is 5.75 Å². The molecule has 2 aromatic carbocycles. The highest BCUT2D eigenvalue weighted by atomic mass is 16.6. The lowest BCUT2D eigenvalue weighted by Gasteiger charge is -2.27. The lowest BCUT2D eigenvalue weighted by atomic mass is 10.0. The molecule has 0 fully saturated rings. The Labute approximate surface area is 179 Å². The van der Waals surface area contributed by atoms with Crippen molar-refractivity contribution in [1.29, 1.82) is 0 Å². The van der Waals surface area contributed by atoms with Crippen molar-refractivity contribution in [2.24, 2.45) is 5.16 Å². The van der Waals surface area contributed by atoms with Gasteiger partial charge in [-0.05, 0) is 37.1 Å². The summed E-state index contributed by atoms with van der Waals surface area (Å²) in [5.74, 6) is 0.822. The second kappa shape index (κ2) is 11.1. The molecule has 0 aliphatic carbocycles. The van der Waals surface area contributed by atoms with Crippen LogP contribution in [0.25, 0.3) is 0 Å². The first-order valence-electron chi connectivity index (χ1n) is 10.5. The van der Waals surface area contributed by atoms with Crippen molar-refractivity contribution in [3.05, 3.63) is 65.7 Å². The second-order valence-corrected chi connectivity index (χ2v) is 7.92.